The standard InChI is InChI=1S/C7H7ClO3S/c1-6-2-4-7(5-3-6)12(9,10)11-8/h2-5H,1H3. The highest BCUT2D eigenvalue weighted by Crippen LogP contribution is 2.13. The normalized spacial score (nSPS) is 11.5. The van der Waals surface area contributed by atoms with Crippen molar-refractivity contribution >= 4 is 22.0 Å². The highest BCUT2D eigenvalue weighted by Gasteiger charge is 2.12. The maximum atomic E-state index is 11.0. The summed E-state index contributed by atoms with van der Waals surface area (Å²) in [5, 5.41) is 0. The summed E-state index contributed by atoms with van der Waals surface area (Å²) < 4.78 is 25.7. The van der Waals surface area contributed by atoms with E-state index < -0.39 is 10.1 Å². The largest absolute Gasteiger partial charge is 0.312 e. The molecule has 12 heavy (non-hydrogen) atoms. The zero-order valence-electron chi connectivity index (χ0n) is 6.32. The number of aryl methyl sites for hydroxylation is 1. The van der Waals surface area contributed by atoms with Gasteiger partial charge in [-0.2, -0.15) is 12.2 Å². The lowest BCUT2D eigenvalue weighted by Crippen LogP contribution is -1.99. The minimum Gasteiger partial charge on any atom is -0.193 e. The van der Waals surface area contributed by atoms with Crippen LogP contribution < -0.4 is 0 Å². The summed E-state index contributed by atoms with van der Waals surface area (Å²) in [6.45, 7) is 1.86. The van der Waals surface area contributed by atoms with Crippen LogP contribution in [0.25, 0.3) is 0 Å². The fourth-order valence-corrected chi connectivity index (χ4v) is 1.50. The molecule has 66 valence electrons. The molecule has 0 fully saturated rings. The van der Waals surface area contributed by atoms with E-state index in [0.29, 0.717) is 0 Å². The van der Waals surface area contributed by atoms with Crippen LogP contribution in [0.15, 0.2) is 29.2 Å². The molecular formula is C7H7ClO3S. The fourth-order valence-electron chi connectivity index (χ4n) is 0.741. The molecule has 0 heterocycles. The Morgan fingerprint density at radius 1 is 1.25 bits per heavy atom. The van der Waals surface area contributed by atoms with Gasteiger partial charge in [-0.3, -0.25) is 0 Å². The van der Waals surface area contributed by atoms with Crippen molar-refractivity contribution in [3.63, 3.8) is 0 Å². The number of rotatable bonds is 2. The van der Waals surface area contributed by atoms with Crippen molar-refractivity contribution in [3.05, 3.63) is 29.8 Å². The van der Waals surface area contributed by atoms with Gasteiger partial charge in [0.15, 0.2) is 0 Å². The summed E-state index contributed by atoms with van der Waals surface area (Å²) in [4.78, 5) is 0.0584. The van der Waals surface area contributed by atoms with Gasteiger partial charge in [0.25, 0.3) is 0 Å². The maximum Gasteiger partial charge on any atom is 0.312 e. The average Bonchev–Trinajstić information content (AvgIpc) is 2.05. The van der Waals surface area contributed by atoms with Gasteiger partial charge in [0.2, 0.25) is 0 Å². The Kier molecular flexibility index (Phi) is 2.72. The van der Waals surface area contributed by atoms with Crippen LogP contribution in [0.5, 0.6) is 0 Å². The second-order valence-electron chi connectivity index (χ2n) is 2.33. The van der Waals surface area contributed by atoms with E-state index in [1.54, 1.807) is 12.1 Å². The first-order chi connectivity index (χ1) is 5.56. The lowest BCUT2D eigenvalue weighted by molar-refractivity contribution is 0.509. The third-order valence-electron chi connectivity index (χ3n) is 1.39. The van der Waals surface area contributed by atoms with Gasteiger partial charge in [-0.15, -0.1) is 0 Å². The Bertz CT molecular complexity index is 355. The van der Waals surface area contributed by atoms with Crippen molar-refractivity contribution in [1.29, 1.82) is 0 Å². The summed E-state index contributed by atoms with van der Waals surface area (Å²) in [5.74, 6) is 0. The summed E-state index contributed by atoms with van der Waals surface area (Å²) in [6, 6.07) is 6.21. The van der Waals surface area contributed by atoms with Crippen LogP contribution in [0.2, 0.25) is 0 Å². The minimum absolute atomic E-state index is 0.0584. The van der Waals surface area contributed by atoms with Gasteiger partial charge in [0.1, 0.15) is 0 Å². The molecule has 0 spiro atoms. The summed E-state index contributed by atoms with van der Waals surface area (Å²) in [6.07, 6.45) is 0. The quantitative estimate of drug-likeness (QED) is 0.742. The first-order valence-electron chi connectivity index (χ1n) is 3.18. The lowest BCUT2D eigenvalue weighted by atomic mass is 10.2. The molecule has 0 aliphatic rings. The lowest BCUT2D eigenvalue weighted by Gasteiger charge is -1.98. The maximum absolute atomic E-state index is 11.0. The van der Waals surface area contributed by atoms with E-state index in [2.05, 4.69) is 3.74 Å². The van der Waals surface area contributed by atoms with Crippen LogP contribution in [0, 0.1) is 6.92 Å². The smallest absolute Gasteiger partial charge is 0.193 e. The molecule has 0 bridgehead atoms. The molecule has 0 aliphatic heterocycles. The van der Waals surface area contributed by atoms with Crippen LogP contribution in [0.3, 0.4) is 0 Å². The first-order valence-corrected chi connectivity index (χ1v) is 4.90. The molecule has 0 N–H and O–H groups in total. The predicted octanol–water partition coefficient (Wildman–Crippen LogP) is 1.85. The highest BCUT2D eigenvalue weighted by atomic mass is 35.5. The van der Waals surface area contributed by atoms with Crippen LogP contribution in [0.4, 0.5) is 0 Å². The first kappa shape index (κ1) is 9.51. The minimum atomic E-state index is -3.75. The van der Waals surface area contributed by atoms with Gasteiger partial charge < -0.3 is 0 Å². The molecule has 1 rings (SSSR count). The molecule has 5 heteroatoms. The third-order valence-corrected chi connectivity index (χ3v) is 2.91. The van der Waals surface area contributed by atoms with Crippen molar-refractivity contribution in [2.24, 2.45) is 0 Å². The summed E-state index contributed by atoms with van der Waals surface area (Å²) in [5.41, 5.74) is 0.975. The van der Waals surface area contributed by atoms with Gasteiger partial charge in [0, 0.05) is 0 Å². The van der Waals surface area contributed by atoms with E-state index in [4.69, 9.17) is 11.9 Å². The predicted molar refractivity (Wildman–Crippen MR) is 45.3 cm³/mol. The average molecular weight is 207 g/mol. The molecule has 1 aromatic rings. The van der Waals surface area contributed by atoms with E-state index in [0.717, 1.165) is 5.56 Å². The van der Waals surface area contributed by atoms with Gasteiger partial charge in [0.05, 0.1) is 16.8 Å². The molecule has 0 saturated heterocycles. The molecular weight excluding hydrogens is 200 g/mol. The Hall–Kier alpha value is -0.580. The number of halogens is 1. The Labute approximate surface area is 76.2 Å². The molecule has 1 aromatic carbocycles. The summed E-state index contributed by atoms with van der Waals surface area (Å²) >= 11 is 4.78. The monoisotopic (exact) mass is 206 g/mol. The van der Waals surface area contributed by atoms with E-state index in [-0.39, 0.29) is 4.90 Å². The second kappa shape index (κ2) is 3.43. The molecule has 0 aliphatic carbocycles. The van der Waals surface area contributed by atoms with E-state index in [9.17, 15) is 8.42 Å². The molecule has 3 nitrogen and oxygen atoms in total. The molecule has 0 saturated carbocycles. The molecule has 0 radical (unpaired) electrons. The van der Waals surface area contributed by atoms with Gasteiger partial charge >= 0.3 is 10.1 Å². The SMILES string of the molecule is Cc1ccc(S(=O)(=O)OCl)cc1. The molecule has 0 amide bonds. The fraction of sp³-hybridized carbons (Fsp3) is 0.143. The summed E-state index contributed by atoms with van der Waals surface area (Å²) in [7, 11) is -3.75. The van der Waals surface area contributed by atoms with Crippen molar-refractivity contribution in [3.8, 4) is 0 Å². The van der Waals surface area contributed by atoms with Crippen molar-refractivity contribution in [2.45, 2.75) is 11.8 Å². The topological polar surface area (TPSA) is 43.4 Å². The zero-order valence-corrected chi connectivity index (χ0v) is 7.89. The van der Waals surface area contributed by atoms with Crippen LogP contribution >= 0.6 is 11.9 Å². The Morgan fingerprint density at radius 3 is 2.17 bits per heavy atom. The van der Waals surface area contributed by atoms with Gasteiger partial charge in [-0.05, 0) is 19.1 Å². The number of hydrogen-bond acceptors (Lipinski definition) is 3. The van der Waals surface area contributed by atoms with E-state index in [1.165, 1.54) is 12.1 Å². The van der Waals surface area contributed by atoms with Gasteiger partial charge in [-0.1, -0.05) is 17.7 Å². The Morgan fingerprint density at radius 2 is 1.75 bits per heavy atom. The van der Waals surface area contributed by atoms with Gasteiger partial charge in [-0.25, -0.2) is 0 Å². The van der Waals surface area contributed by atoms with Crippen LogP contribution in [0.1, 0.15) is 5.56 Å². The Balaban J connectivity index is 3.14. The molecule has 0 unspecified atom stereocenters. The zero-order chi connectivity index (χ0) is 9.19. The van der Waals surface area contributed by atoms with Crippen LogP contribution in [-0.4, -0.2) is 8.42 Å². The van der Waals surface area contributed by atoms with Crippen molar-refractivity contribution < 1.29 is 12.2 Å². The highest BCUT2D eigenvalue weighted by molar-refractivity contribution is 7.87. The second-order valence-corrected chi connectivity index (χ2v) is 4.21. The third kappa shape index (κ3) is 1.97. The van der Waals surface area contributed by atoms with Crippen molar-refractivity contribution in [1.82, 2.24) is 0 Å². The van der Waals surface area contributed by atoms with E-state index in [1.807, 2.05) is 6.92 Å². The van der Waals surface area contributed by atoms with E-state index >= 15 is 0 Å². The molecule has 0 atom stereocenters. The molecule has 0 aromatic heterocycles. The van der Waals surface area contributed by atoms with Crippen LogP contribution in [-0.2, 0) is 13.9 Å². The van der Waals surface area contributed by atoms with Crippen molar-refractivity contribution in [2.75, 3.05) is 0 Å². The number of benzene rings is 1. The number of hydrogen-bond donors (Lipinski definition) is 0.